The Morgan fingerprint density at radius 3 is 2.85 bits per heavy atom. The second-order valence-electron chi connectivity index (χ2n) is 6.47. The van der Waals surface area contributed by atoms with Crippen LogP contribution in [0.5, 0.6) is 0 Å². The Bertz CT molecular complexity index is 465. The first-order chi connectivity index (χ1) is 9.74. The second-order valence-corrected chi connectivity index (χ2v) is 6.47. The number of aromatic amines is 1. The molecule has 0 saturated carbocycles. The summed E-state index contributed by atoms with van der Waals surface area (Å²) in [6.07, 6.45) is 9.77. The number of fused-ring (bicyclic) bond motifs is 4. The molecule has 2 bridgehead atoms. The van der Waals surface area contributed by atoms with E-state index in [1.807, 2.05) is 6.92 Å². The first kappa shape index (κ1) is 13.7. The summed E-state index contributed by atoms with van der Waals surface area (Å²) in [6.45, 7) is 2.02. The van der Waals surface area contributed by atoms with Gasteiger partial charge in [-0.15, -0.1) is 0 Å². The van der Waals surface area contributed by atoms with E-state index in [1.54, 1.807) is 0 Å². The van der Waals surface area contributed by atoms with Crippen LogP contribution in [-0.2, 0) is 16.0 Å². The molecular formula is C17H25NO2. The highest BCUT2D eigenvalue weighted by Crippen LogP contribution is 2.38. The lowest BCUT2D eigenvalue weighted by molar-refractivity contribution is -0.158. The first-order valence-corrected chi connectivity index (χ1v) is 8.12. The number of aromatic nitrogens is 1. The Morgan fingerprint density at radius 1 is 1.15 bits per heavy atom. The predicted octanol–water partition coefficient (Wildman–Crippen LogP) is 3.95. The molecule has 3 atom stereocenters. The molecule has 0 aromatic carbocycles. The molecule has 1 saturated heterocycles. The Hall–Kier alpha value is -1.25. The average Bonchev–Trinajstić information content (AvgIpc) is 2.84. The van der Waals surface area contributed by atoms with Gasteiger partial charge in [0.2, 0.25) is 0 Å². The van der Waals surface area contributed by atoms with Crippen LogP contribution in [0.3, 0.4) is 0 Å². The molecule has 0 amide bonds. The standard InChI is InChI=1S/C17H25NO2/c1-12-11-13-7-5-3-2-4-6-8-14-9-10-15(18-14)16(13)17(19)20-12/h9-10,12-13,16,18H,2-8,11H2,1H3/t12-,13-,16-/m0/s1. The maximum atomic E-state index is 12.3. The zero-order chi connectivity index (χ0) is 13.9. The van der Waals surface area contributed by atoms with Gasteiger partial charge in [-0.05, 0) is 50.7 Å². The zero-order valence-corrected chi connectivity index (χ0v) is 12.4. The molecule has 1 fully saturated rings. The first-order valence-electron chi connectivity index (χ1n) is 8.12. The van der Waals surface area contributed by atoms with Gasteiger partial charge in [-0.2, -0.15) is 0 Å². The molecule has 1 N–H and O–H groups in total. The van der Waals surface area contributed by atoms with Gasteiger partial charge in [0.05, 0.1) is 12.0 Å². The second kappa shape index (κ2) is 6.02. The summed E-state index contributed by atoms with van der Waals surface area (Å²) in [5, 5.41) is 0. The molecule has 1 aromatic heterocycles. The molecule has 3 heterocycles. The van der Waals surface area contributed by atoms with E-state index < -0.39 is 0 Å². The van der Waals surface area contributed by atoms with Crippen LogP contribution < -0.4 is 0 Å². The average molecular weight is 275 g/mol. The number of carbonyl (C=O) groups is 1. The number of carbonyl (C=O) groups excluding carboxylic acids is 1. The summed E-state index contributed by atoms with van der Waals surface area (Å²) >= 11 is 0. The van der Waals surface area contributed by atoms with E-state index >= 15 is 0 Å². The molecule has 110 valence electrons. The van der Waals surface area contributed by atoms with Gasteiger partial charge >= 0.3 is 5.97 Å². The van der Waals surface area contributed by atoms with Crippen molar-refractivity contribution in [1.82, 2.24) is 4.98 Å². The normalized spacial score (nSPS) is 31.6. The fraction of sp³-hybridized carbons (Fsp3) is 0.706. The van der Waals surface area contributed by atoms with E-state index in [2.05, 4.69) is 17.1 Å². The largest absolute Gasteiger partial charge is 0.462 e. The van der Waals surface area contributed by atoms with Crippen molar-refractivity contribution in [2.75, 3.05) is 0 Å². The maximum Gasteiger partial charge on any atom is 0.315 e. The molecule has 3 nitrogen and oxygen atoms in total. The van der Waals surface area contributed by atoms with Gasteiger partial charge in [0, 0.05) is 11.4 Å². The van der Waals surface area contributed by atoms with E-state index in [-0.39, 0.29) is 18.0 Å². The Balaban J connectivity index is 1.86. The minimum atomic E-state index is -0.0700. The molecule has 3 heteroatoms. The highest BCUT2D eigenvalue weighted by atomic mass is 16.5. The molecule has 0 radical (unpaired) electrons. The van der Waals surface area contributed by atoms with Gasteiger partial charge in [0.15, 0.2) is 0 Å². The van der Waals surface area contributed by atoms with Crippen molar-refractivity contribution >= 4 is 5.97 Å². The molecule has 3 rings (SSSR count). The van der Waals surface area contributed by atoms with E-state index in [0.717, 1.165) is 25.0 Å². The molecule has 20 heavy (non-hydrogen) atoms. The summed E-state index contributed by atoms with van der Waals surface area (Å²) in [5.74, 6) is 0.343. The summed E-state index contributed by atoms with van der Waals surface area (Å²) < 4.78 is 5.49. The molecular weight excluding hydrogens is 250 g/mol. The van der Waals surface area contributed by atoms with Crippen LogP contribution in [0.4, 0.5) is 0 Å². The van der Waals surface area contributed by atoms with Crippen molar-refractivity contribution in [2.24, 2.45) is 5.92 Å². The van der Waals surface area contributed by atoms with Crippen molar-refractivity contribution in [2.45, 2.75) is 70.3 Å². The quantitative estimate of drug-likeness (QED) is 0.728. The van der Waals surface area contributed by atoms with Crippen LogP contribution in [0, 0.1) is 5.92 Å². The topological polar surface area (TPSA) is 42.1 Å². The van der Waals surface area contributed by atoms with Gasteiger partial charge in [-0.1, -0.05) is 25.7 Å². The van der Waals surface area contributed by atoms with Crippen LogP contribution in [0.2, 0.25) is 0 Å². The van der Waals surface area contributed by atoms with Crippen molar-refractivity contribution in [1.29, 1.82) is 0 Å². The molecule has 0 spiro atoms. The fourth-order valence-electron chi connectivity index (χ4n) is 3.78. The Morgan fingerprint density at radius 2 is 1.95 bits per heavy atom. The van der Waals surface area contributed by atoms with Gasteiger partial charge in [0.25, 0.3) is 0 Å². The number of ether oxygens (including phenoxy) is 1. The number of hydrogen-bond acceptors (Lipinski definition) is 2. The number of H-pyrrole nitrogens is 1. The van der Waals surface area contributed by atoms with Crippen LogP contribution >= 0.6 is 0 Å². The van der Waals surface area contributed by atoms with Crippen LogP contribution in [0.1, 0.15) is 69.2 Å². The maximum absolute atomic E-state index is 12.3. The number of hydrogen-bond donors (Lipinski definition) is 1. The fourth-order valence-corrected chi connectivity index (χ4v) is 3.78. The third-order valence-corrected chi connectivity index (χ3v) is 4.80. The summed E-state index contributed by atoms with van der Waals surface area (Å²) in [6, 6.07) is 4.25. The molecule has 0 aliphatic carbocycles. The van der Waals surface area contributed by atoms with Crippen molar-refractivity contribution in [3.63, 3.8) is 0 Å². The SMILES string of the molecule is C[C@H]1C[C@@H]2CCCCCCCc3ccc([nH]3)[C@H]2C(=O)O1. The monoisotopic (exact) mass is 275 g/mol. The zero-order valence-electron chi connectivity index (χ0n) is 12.4. The minimum Gasteiger partial charge on any atom is -0.462 e. The lowest BCUT2D eigenvalue weighted by atomic mass is 9.80. The smallest absolute Gasteiger partial charge is 0.315 e. The van der Waals surface area contributed by atoms with E-state index in [1.165, 1.54) is 37.8 Å². The highest BCUT2D eigenvalue weighted by molar-refractivity contribution is 5.79. The number of esters is 1. The number of rotatable bonds is 0. The Labute approximate surface area is 121 Å². The van der Waals surface area contributed by atoms with Crippen LogP contribution in [0.15, 0.2) is 12.1 Å². The van der Waals surface area contributed by atoms with Gasteiger partial charge in [-0.3, -0.25) is 4.79 Å². The van der Waals surface area contributed by atoms with Crippen molar-refractivity contribution in [3.8, 4) is 0 Å². The molecule has 0 unspecified atom stereocenters. The summed E-state index contributed by atoms with van der Waals surface area (Å²) in [5.41, 5.74) is 2.34. The van der Waals surface area contributed by atoms with Crippen LogP contribution in [-0.4, -0.2) is 17.1 Å². The highest BCUT2D eigenvalue weighted by Gasteiger charge is 2.38. The summed E-state index contributed by atoms with van der Waals surface area (Å²) in [4.78, 5) is 15.8. The predicted molar refractivity (Wildman–Crippen MR) is 78.6 cm³/mol. The molecule has 2 aliphatic rings. The molecule has 1 aromatic rings. The van der Waals surface area contributed by atoms with E-state index in [9.17, 15) is 4.79 Å². The lowest BCUT2D eigenvalue weighted by Gasteiger charge is -2.33. The number of aryl methyl sites for hydroxylation is 1. The third kappa shape index (κ3) is 2.92. The lowest BCUT2D eigenvalue weighted by Crippen LogP contribution is -2.35. The number of nitrogens with one attached hydrogen (secondary N) is 1. The van der Waals surface area contributed by atoms with Gasteiger partial charge in [0.1, 0.15) is 0 Å². The van der Waals surface area contributed by atoms with Crippen molar-refractivity contribution < 1.29 is 9.53 Å². The van der Waals surface area contributed by atoms with E-state index in [4.69, 9.17) is 4.74 Å². The summed E-state index contributed by atoms with van der Waals surface area (Å²) in [7, 11) is 0. The molecule has 2 aliphatic heterocycles. The van der Waals surface area contributed by atoms with Gasteiger partial charge in [-0.25, -0.2) is 0 Å². The third-order valence-electron chi connectivity index (χ3n) is 4.80. The Kier molecular flexibility index (Phi) is 4.13. The minimum absolute atomic E-state index is 0.0285. The van der Waals surface area contributed by atoms with Crippen LogP contribution in [0.25, 0.3) is 0 Å². The number of cyclic esters (lactones) is 1. The van der Waals surface area contributed by atoms with Crippen molar-refractivity contribution in [3.05, 3.63) is 23.5 Å². The van der Waals surface area contributed by atoms with E-state index in [0.29, 0.717) is 5.92 Å². The van der Waals surface area contributed by atoms with Gasteiger partial charge < -0.3 is 9.72 Å².